The van der Waals surface area contributed by atoms with Crippen LogP contribution >= 0.6 is 0 Å². The molecule has 0 aliphatic rings. The molecule has 0 heterocycles. The predicted molar refractivity (Wildman–Crippen MR) is 122 cm³/mol. The topological polar surface area (TPSA) is 132 Å². The van der Waals surface area contributed by atoms with Gasteiger partial charge in [0.25, 0.3) is 0 Å². The van der Waals surface area contributed by atoms with Gasteiger partial charge < -0.3 is 20.5 Å². The van der Waals surface area contributed by atoms with Gasteiger partial charge >= 0.3 is 11.9 Å². The van der Waals surface area contributed by atoms with Crippen molar-refractivity contribution >= 4 is 29.8 Å². The summed E-state index contributed by atoms with van der Waals surface area (Å²) in [4.78, 5) is 35.6. The van der Waals surface area contributed by atoms with Gasteiger partial charge in [-0.2, -0.15) is 0 Å². The maximum absolute atomic E-state index is 12.4. The Morgan fingerprint density at radius 1 is 1.09 bits per heavy atom. The normalized spacial score (nSPS) is 10.6. The van der Waals surface area contributed by atoms with Gasteiger partial charge in [-0.15, -0.1) is 0 Å². The first-order chi connectivity index (χ1) is 15.3. The lowest BCUT2D eigenvalue weighted by Crippen LogP contribution is -2.22. The van der Waals surface area contributed by atoms with E-state index in [-0.39, 0.29) is 24.1 Å². The number of esters is 2. The Hall–Kier alpha value is -3.94. The largest absolute Gasteiger partial charge is 0.466 e. The fourth-order valence-electron chi connectivity index (χ4n) is 2.76. The molecule has 0 aliphatic carbocycles. The minimum Gasteiger partial charge on any atom is -0.466 e. The van der Waals surface area contributed by atoms with E-state index < -0.39 is 5.97 Å². The van der Waals surface area contributed by atoms with Crippen LogP contribution in [0.2, 0.25) is 0 Å². The van der Waals surface area contributed by atoms with Gasteiger partial charge in [0.2, 0.25) is 5.91 Å². The van der Waals surface area contributed by atoms with Crippen LogP contribution in [-0.2, 0) is 14.3 Å². The van der Waals surface area contributed by atoms with E-state index in [1.165, 1.54) is 6.08 Å². The van der Waals surface area contributed by atoms with E-state index in [0.29, 0.717) is 36.4 Å². The Kier molecular flexibility index (Phi) is 9.16. The smallest absolute Gasteiger partial charge is 0.343 e. The number of carbonyl (C=O) groups excluding carboxylic acids is 3. The fraction of sp³-hybridized carbons (Fsp3) is 0.250. The van der Waals surface area contributed by atoms with E-state index in [9.17, 15) is 14.4 Å². The first kappa shape index (κ1) is 24.3. The number of aryl methyl sites for hydroxylation is 1. The standard InChI is InChI=1S/C24H27N3O5/c1-3-31-22(29)5-4-14-27-21(28)13-10-17-6-7-19(15-16(17)2)24(30)32-20-11-8-18(9-12-20)23(25)26/h6-13,15H,3-5,14H2,1-2H3,(H3,25,26)(H,27,28)/b13-10+. The molecule has 0 atom stereocenters. The van der Waals surface area contributed by atoms with Crippen molar-refractivity contribution in [3.05, 3.63) is 70.8 Å². The van der Waals surface area contributed by atoms with Gasteiger partial charge in [0.05, 0.1) is 12.2 Å². The summed E-state index contributed by atoms with van der Waals surface area (Å²) in [6.45, 7) is 4.30. The summed E-state index contributed by atoms with van der Waals surface area (Å²) in [6, 6.07) is 11.4. The Morgan fingerprint density at radius 3 is 2.41 bits per heavy atom. The van der Waals surface area contributed by atoms with Gasteiger partial charge in [-0.05, 0) is 73.9 Å². The third kappa shape index (κ3) is 7.71. The average Bonchev–Trinajstić information content (AvgIpc) is 2.76. The highest BCUT2D eigenvalue weighted by atomic mass is 16.5. The monoisotopic (exact) mass is 437 g/mol. The molecule has 0 spiro atoms. The first-order valence-electron chi connectivity index (χ1n) is 10.2. The number of hydrogen-bond donors (Lipinski definition) is 3. The molecular formula is C24H27N3O5. The second-order valence-electron chi connectivity index (χ2n) is 6.93. The second-order valence-corrected chi connectivity index (χ2v) is 6.93. The Labute approximate surface area is 186 Å². The van der Waals surface area contributed by atoms with E-state index in [2.05, 4.69) is 5.32 Å². The zero-order chi connectivity index (χ0) is 23.5. The lowest BCUT2D eigenvalue weighted by atomic mass is 10.0. The minimum absolute atomic E-state index is 0.0625. The van der Waals surface area contributed by atoms with Crippen LogP contribution in [0.1, 0.15) is 46.8 Å². The zero-order valence-electron chi connectivity index (χ0n) is 18.1. The SMILES string of the molecule is CCOC(=O)CCCNC(=O)/C=C/c1ccc(C(=O)Oc2ccc(C(=N)N)cc2)cc1C. The number of hydrogen-bond acceptors (Lipinski definition) is 6. The van der Waals surface area contributed by atoms with Crippen molar-refractivity contribution in [2.24, 2.45) is 5.73 Å². The third-order valence-corrected chi connectivity index (χ3v) is 4.46. The highest BCUT2D eigenvalue weighted by molar-refractivity contribution is 5.95. The van der Waals surface area contributed by atoms with E-state index in [4.69, 9.17) is 20.6 Å². The fourth-order valence-corrected chi connectivity index (χ4v) is 2.76. The molecule has 0 radical (unpaired) electrons. The third-order valence-electron chi connectivity index (χ3n) is 4.46. The maximum Gasteiger partial charge on any atom is 0.343 e. The van der Waals surface area contributed by atoms with E-state index in [1.807, 2.05) is 6.92 Å². The summed E-state index contributed by atoms with van der Waals surface area (Å²) in [5.41, 5.74) is 7.91. The molecule has 2 aromatic rings. The number of nitrogens with two attached hydrogens (primary N) is 1. The summed E-state index contributed by atoms with van der Waals surface area (Å²) < 4.78 is 10.2. The highest BCUT2D eigenvalue weighted by Crippen LogP contribution is 2.17. The predicted octanol–water partition coefficient (Wildman–Crippen LogP) is 2.97. The number of nitrogen functional groups attached to an aromatic ring is 1. The summed E-state index contributed by atoms with van der Waals surface area (Å²) in [6.07, 6.45) is 3.83. The number of carbonyl (C=O) groups is 3. The molecule has 8 heteroatoms. The number of amidine groups is 1. The molecule has 0 bridgehead atoms. The first-order valence-corrected chi connectivity index (χ1v) is 10.2. The highest BCUT2D eigenvalue weighted by Gasteiger charge is 2.10. The molecule has 2 aromatic carbocycles. The van der Waals surface area contributed by atoms with Crippen LogP contribution in [0.3, 0.4) is 0 Å². The quantitative estimate of drug-likeness (QED) is 0.131. The lowest BCUT2D eigenvalue weighted by Gasteiger charge is -2.07. The van der Waals surface area contributed by atoms with Gasteiger partial charge in [0.15, 0.2) is 0 Å². The van der Waals surface area contributed by atoms with Crippen LogP contribution < -0.4 is 15.8 Å². The summed E-state index contributed by atoms with van der Waals surface area (Å²) in [5.74, 6) is -0.780. The molecule has 0 aromatic heterocycles. The number of nitrogens with one attached hydrogen (secondary N) is 2. The molecule has 2 rings (SSSR count). The summed E-state index contributed by atoms with van der Waals surface area (Å²) in [7, 11) is 0. The van der Waals surface area contributed by atoms with Gasteiger partial charge in [-0.3, -0.25) is 15.0 Å². The van der Waals surface area contributed by atoms with Crippen LogP contribution in [0.25, 0.3) is 6.08 Å². The van der Waals surface area contributed by atoms with Crippen molar-refractivity contribution in [3.8, 4) is 5.75 Å². The van der Waals surface area contributed by atoms with Crippen LogP contribution in [-0.4, -0.2) is 36.8 Å². The number of benzene rings is 2. The van der Waals surface area contributed by atoms with Crippen molar-refractivity contribution in [3.63, 3.8) is 0 Å². The lowest BCUT2D eigenvalue weighted by molar-refractivity contribution is -0.143. The Bertz CT molecular complexity index is 1010. The molecule has 1 amide bonds. The van der Waals surface area contributed by atoms with E-state index in [1.54, 1.807) is 55.5 Å². The summed E-state index contributed by atoms with van der Waals surface area (Å²) in [5, 5.41) is 10.1. The van der Waals surface area contributed by atoms with Crippen molar-refractivity contribution in [1.82, 2.24) is 5.32 Å². The maximum atomic E-state index is 12.4. The van der Waals surface area contributed by atoms with Gasteiger partial charge in [0, 0.05) is 24.6 Å². The van der Waals surface area contributed by atoms with Crippen LogP contribution in [0.15, 0.2) is 48.5 Å². The summed E-state index contributed by atoms with van der Waals surface area (Å²) >= 11 is 0. The molecule has 0 saturated heterocycles. The Balaban J connectivity index is 1.89. The van der Waals surface area contributed by atoms with Crippen LogP contribution in [0.5, 0.6) is 5.75 Å². The molecule has 0 aliphatic heterocycles. The number of ether oxygens (including phenoxy) is 2. The molecule has 0 fully saturated rings. The van der Waals surface area contributed by atoms with Gasteiger partial charge in [0.1, 0.15) is 11.6 Å². The molecule has 8 nitrogen and oxygen atoms in total. The van der Waals surface area contributed by atoms with Gasteiger partial charge in [-0.1, -0.05) is 6.07 Å². The Morgan fingerprint density at radius 2 is 1.78 bits per heavy atom. The number of amides is 1. The van der Waals surface area contributed by atoms with Gasteiger partial charge in [-0.25, -0.2) is 4.79 Å². The second kappa shape index (κ2) is 12.0. The van der Waals surface area contributed by atoms with Crippen LogP contribution in [0.4, 0.5) is 0 Å². The van der Waals surface area contributed by atoms with E-state index in [0.717, 1.165) is 11.1 Å². The van der Waals surface area contributed by atoms with Crippen molar-refractivity contribution < 1.29 is 23.9 Å². The molecular weight excluding hydrogens is 410 g/mol. The average molecular weight is 437 g/mol. The van der Waals surface area contributed by atoms with Crippen molar-refractivity contribution in [2.75, 3.05) is 13.2 Å². The molecule has 168 valence electrons. The minimum atomic E-state index is -0.515. The molecule has 4 N–H and O–H groups in total. The molecule has 0 saturated carbocycles. The van der Waals surface area contributed by atoms with E-state index >= 15 is 0 Å². The molecule has 0 unspecified atom stereocenters. The number of rotatable bonds is 10. The van der Waals surface area contributed by atoms with Crippen LogP contribution in [0, 0.1) is 12.3 Å². The van der Waals surface area contributed by atoms with Crippen molar-refractivity contribution in [2.45, 2.75) is 26.7 Å². The molecule has 32 heavy (non-hydrogen) atoms. The zero-order valence-corrected chi connectivity index (χ0v) is 18.1. The van der Waals surface area contributed by atoms with Crippen molar-refractivity contribution in [1.29, 1.82) is 5.41 Å².